The normalized spacial score (nSPS) is 17.7. The third kappa shape index (κ3) is 2.25. The van der Waals surface area contributed by atoms with Crippen LogP contribution in [0.15, 0.2) is 12.4 Å². The Kier molecular flexibility index (Phi) is 3.69. The minimum absolute atomic E-state index is 0.142. The van der Waals surface area contributed by atoms with Crippen LogP contribution in [-0.4, -0.2) is 34.3 Å². The van der Waals surface area contributed by atoms with Crippen molar-refractivity contribution in [1.82, 2.24) is 14.7 Å². The Morgan fingerprint density at radius 2 is 2.33 bits per heavy atom. The Hall–Kier alpha value is -1.78. The highest BCUT2D eigenvalue weighted by Gasteiger charge is 2.44. The number of aromatic nitrogens is 2. The van der Waals surface area contributed by atoms with Crippen molar-refractivity contribution >= 4 is 0 Å². The fourth-order valence-electron chi connectivity index (χ4n) is 2.45. The van der Waals surface area contributed by atoms with Crippen LogP contribution < -0.4 is 0 Å². The van der Waals surface area contributed by atoms with Gasteiger partial charge in [0.15, 0.2) is 0 Å². The minimum Gasteiger partial charge on any atom is -0.297 e. The highest BCUT2D eigenvalue weighted by atomic mass is 15.4. The van der Waals surface area contributed by atoms with Crippen molar-refractivity contribution in [2.75, 3.05) is 19.6 Å². The van der Waals surface area contributed by atoms with E-state index in [-0.39, 0.29) is 5.54 Å². The van der Waals surface area contributed by atoms with E-state index in [1.54, 1.807) is 0 Å². The first-order chi connectivity index (χ1) is 8.74. The smallest absolute Gasteiger partial charge is 0.101 e. The van der Waals surface area contributed by atoms with Gasteiger partial charge >= 0.3 is 0 Å². The number of hydrogen-bond acceptors (Lipinski definition) is 3. The number of rotatable bonds is 5. The van der Waals surface area contributed by atoms with E-state index < -0.39 is 0 Å². The topological polar surface area (TPSA) is 44.9 Å². The molecule has 0 atom stereocenters. The zero-order valence-electron chi connectivity index (χ0n) is 10.8. The molecule has 1 aliphatic heterocycles. The predicted octanol–water partition coefficient (Wildman–Crippen LogP) is 1.39. The molecule has 0 spiro atoms. The van der Waals surface area contributed by atoms with Crippen molar-refractivity contribution in [3.05, 3.63) is 18.0 Å². The van der Waals surface area contributed by atoms with Crippen molar-refractivity contribution in [3.63, 3.8) is 0 Å². The molecule has 1 aromatic heterocycles. The second-order valence-corrected chi connectivity index (χ2v) is 4.87. The van der Waals surface area contributed by atoms with Gasteiger partial charge in [0, 0.05) is 32.3 Å². The number of nitriles is 1. The summed E-state index contributed by atoms with van der Waals surface area (Å²) >= 11 is 0. The quantitative estimate of drug-likeness (QED) is 0.733. The molecular weight excluding hydrogens is 224 g/mol. The summed E-state index contributed by atoms with van der Waals surface area (Å²) in [4.78, 5) is 2.28. The SMILES string of the molecule is C#CCCN1CC(CC#N)(n2cc(CC)cn2)C1. The Morgan fingerprint density at radius 3 is 2.89 bits per heavy atom. The van der Waals surface area contributed by atoms with Crippen LogP contribution in [0.3, 0.4) is 0 Å². The summed E-state index contributed by atoms with van der Waals surface area (Å²) in [6.45, 7) is 4.75. The first-order valence-corrected chi connectivity index (χ1v) is 6.31. The first-order valence-electron chi connectivity index (χ1n) is 6.31. The molecule has 0 aromatic carbocycles. The van der Waals surface area contributed by atoms with Crippen molar-refractivity contribution in [3.8, 4) is 18.4 Å². The highest BCUT2D eigenvalue weighted by Crippen LogP contribution is 2.32. The molecule has 0 saturated carbocycles. The minimum atomic E-state index is -0.142. The van der Waals surface area contributed by atoms with Crippen molar-refractivity contribution in [1.29, 1.82) is 5.26 Å². The van der Waals surface area contributed by atoms with E-state index in [4.69, 9.17) is 11.7 Å². The lowest BCUT2D eigenvalue weighted by Crippen LogP contribution is -2.62. The maximum Gasteiger partial charge on any atom is 0.101 e. The molecule has 4 heteroatoms. The number of likely N-dealkylation sites (tertiary alicyclic amines) is 1. The number of terminal acetylenes is 1. The fraction of sp³-hybridized carbons (Fsp3) is 0.571. The van der Waals surface area contributed by atoms with Gasteiger partial charge in [0.25, 0.3) is 0 Å². The summed E-state index contributed by atoms with van der Waals surface area (Å²) in [5.74, 6) is 2.65. The summed E-state index contributed by atoms with van der Waals surface area (Å²) < 4.78 is 1.97. The van der Waals surface area contributed by atoms with Gasteiger partial charge in [0.2, 0.25) is 0 Å². The van der Waals surface area contributed by atoms with Gasteiger partial charge in [0.1, 0.15) is 5.54 Å². The lowest BCUT2D eigenvalue weighted by atomic mass is 9.86. The largest absolute Gasteiger partial charge is 0.297 e. The molecule has 0 bridgehead atoms. The van der Waals surface area contributed by atoms with Gasteiger partial charge in [-0.05, 0) is 12.0 Å². The molecular formula is C14H18N4. The van der Waals surface area contributed by atoms with Gasteiger partial charge in [-0.15, -0.1) is 12.3 Å². The van der Waals surface area contributed by atoms with Crippen LogP contribution >= 0.6 is 0 Å². The van der Waals surface area contributed by atoms with E-state index in [1.165, 1.54) is 5.56 Å². The van der Waals surface area contributed by atoms with E-state index in [1.807, 2.05) is 10.9 Å². The Balaban J connectivity index is 2.07. The molecule has 1 aliphatic rings. The third-order valence-corrected chi connectivity index (χ3v) is 3.55. The molecule has 1 saturated heterocycles. The van der Waals surface area contributed by atoms with Crippen molar-refractivity contribution < 1.29 is 0 Å². The lowest BCUT2D eigenvalue weighted by molar-refractivity contribution is 0.00702. The summed E-state index contributed by atoms with van der Waals surface area (Å²) in [7, 11) is 0. The van der Waals surface area contributed by atoms with E-state index in [0.717, 1.165) is 32.5 Å². The molecule has 4 nitrogen and oxygen atoms in total. The van der Waals surface area contributed by atoms with Crippen LogP contribution in [0.25, 0.3) is 0 Å². The maximum absolute atomic E-state index is 9.01. The summed E-state index contributed by atoms with van der Waals surface area (Å²) in [5.41, 5.74) is 1.07. The number of aryl methyl sites for hydroxylation is 1. The van der Waals surface area contributed by atoms with Crippen LogP contribution in [0.2, 0.25) is 0 Å². The lowest BCUT2D eigenvalue weighted by Gasteiger charge is -2.49. The van der Waals surface area contributed by atoms with Crippen LogP contribution in [0.1, 0.15) is 25.3 Å². The second-order valence-electron chi connectivity index (χ2n) is 4.87. The molecule has 2 rings (SSSR count). The standard InChI is InChI=1S/C14H18N4/c1-3-5-8-17-11-14(12-17,6-7-15)18-10-13(4-2)9-16-18/h1,9-10H,4-6,8,11-12H2,2H3. The molecule has 18 heavy (non-hydrogen) atoms. The van der Waals surface area contributed by atoms with E-state index in [2.05, 4.69) is 35.1 Å². The van der Waals surface area contributed by atoms with E-state index >= 15 is 0 Å². The van der Waals surface area contributed by atoms with Gasteiger partial charge in [-0.3, -0.25) is 9.58 Å². The van der Waals surface area contributed by atoms with Crippen LogP contribution in [0.5, 0.6) is 0 Å². The monoisotopic (exact) mass is 242 g/mol. The molecule has 94 valence electrons. The number of nitrogens with zero attached hydrogens (tertiary/aromatic N) is 4. The average molecular weight is 242 g/mol. The molecule has 2 heterocycles. The van der Waals surface area contributed by atoms with Crippen LogP contribution in [0.4, 0.5) is 0 Å². The molecule has 0 amide bonds. The van der Waals surface area contributed by atoms with Crippen LogP contribution in [0, 0.1) is 23.7 Å². The fourth-order valence-corrected chi connectivity index (χ4v) is 2.45. The Bertz CT molecular complexity index is 483. The Labute approximate surface area is 108 Å². The number of hydrogen-bond donors (Lipinski definition) is 0. The van der Waals surface area contributed by atoms with Gasteiger partial charge in [-0.25, -0.2) is 0 Å². The van der Waals surface area contributed by atoms with Crippen LogP contribution in [-0.2, 0) is 12.0 Å². The molecule has 1 fully saturated rings. The predicted molar refractivity (Wildman–Crippen MR) is 69.7 cm³/mol. The molecule has 1 aromatic rings. The van der Waals surface area contributed by atoms with E-state index in [0.29, 0.717) is 6.42 Å². The van der Waals surface area contributed by atoms with Gasteiger partial charge in [-0.1, -0.05) is 6.92 Å². The summed E-state index contributed by atoms with van der Waals surface area (Å²) in [5, 5.41) is 13.4. The summed E-state index contributed by atoms with van der Waals surface area (Å²) in [6.07, 6.45) is 11.5. The third-order valence-electron chi connectivity index (χ3n) is 3.55. The Morgan fingerprint density at radius 1 is 1.56 bits per heavy atom. The van der Waals surface area contributed by atoms with Crippen molar-refractivity contribution in [2.24, 2.45) is 0 Å². The van der Waals surface area contributed by atoms with Gasteiger partial charge in [0.05, 0.1) is 18.7 Å². The van der Waals surface area contributed by atoms with Gasteiger partial charge < -0.3 is 0 Å². The average Bonchev–Trinajstić information content (AvgIpc) is 2.80. The zero-order valence-corrected chi connectivity index (χ0v) is 10.8. The van der Waals surface area contributed by atoms with Gasteiger partial charge in [-0.2, -0.15) is 10.4 Å². The first kappa shape index (κ1) is 12.7. The van der Waals surface area contributed by atoms with E-state index in [9.17, 15) is 0 Å². The zero-order chi connectivity index (χ0) is 13.0. The molecule has 0 N–H and O–H groups in total. The second kappa shape index (κ2) is 5.25. The molecule has 0 aliphatic carbocycles. The summed E-state index contributed by atoms with van der Waals surface area (Å²) in [6, 6.07) is 2.29. The van der Waals surface area contributed by atoms with Crippen molar-refractivity contribution in [2.45, 2.75) is 31.7 Å². The highest BCUT2D eigenvalue weighted by molar-refractivity contribution is 5.11. The molecule has 0 radical (unpaired) electrons. The maximum atomic E-state index is 9.01. The molecule has 0 unspecified atom stereocenters.